The fraction of sp³-hybridized carbons (Fsp3) is 0.364. The Morgan fingerprint density at radius 3 is 2.10 bits per heavy atom. The molecule has 0 aromatic heterocycles. The van der Waals surface area contributed by atoms with Crippen molar-refractivity contribution in [1.82, 2.24) is 9.44 Å². The minimum Gasteiger partial charge on any atom is -0.393 e. The minimum atomic E-state index is -3.67. The van der Waals surface area contributed by atoms with Crippen LogP contribution in [0.1, 0.15) is 5.56 Å². The summed E-state index contributed by atoms with van der Waals surface area (Å²) in [5.41, 5.74) is 6.23. The molecule has 0 saturated heterocycles. The van der Waals surface area contributed by atoms with Gasteiger partial charge in [-0.05, 0) is 17.7 Å². The number of nitrogens with one attached hydrogen (secondary N) is 2. The first-order valence-electron chi connectivity index (χ1n) is 5.92. The molecular weight excluding hydrogens is 334 g/mol. The quantitative estimate of drug-likeness (QED) is 0.423. The summed E-state index contributed by atoms with van der Waals surface area (Å²) < 4.78 is 50.1. The second-order valence-corrected chi connectivity index (χ2v) is 8.48. The van der Waals surface area contributed by atoms with Gasteiger partial charge in [-0.2, -0.15) is 0 Å². The van der Waals surface area contributed by atoms with Crippen molar-refractivity contribution in [2.75, 3.05) is 19.3 Å². The molecule has 1 aromatic carbocycles. The van der Waals surface area contributed by atoms with Crippen molar-refractivity contribution in [3.8, 4) is 0 Å². The third kappa shape index (κ3) is 6.96. The van der Waals surface area contributed by atoms with Crippen LogP contribution in [0, 0.1) is 0 Å². The number of hydrogen-bond donors (Lipinski definition) is 3. The van der Waals surface area contributed by atoms with Gasteiger partial charge in [-0.15, -0.1) is 0 Å². The average Bonchev–Trinajstić information content (AvgIpc) is 2.33. The molecule has 0 radical (unpaired) electrons. The van der Waals surface area contributed by atoms with E-state index >= 15 is 0 Å². The van der Waals surface area contributed by atoms with Crippen LogP contribution < -0.4 is 15.2 Å². The molecular formula is C11H17N3O4S3. The van der Waals surface area contributed by atoms with Crippen LogP contribution in [0.4, 0.5) is 0 Å². The zero-order valence-corrected chi connectivity index (χ0v) is 13.8. The number of nitrogens with two attached hydrogens (primary N) is 1. The monoisotopic (exact) mass is 351 g/mol. The van der Waals surface area contributed by atoms with E-state index in [2.05, 4.69) is 9.44 Å². The van der Waals surface area contributed by atoms with Gasteiger partial charge in [0.15, 0.2) is 0 Å². The van der Waals surface area contributed by atoms with Gasteiger partial charge in [0.25, 0.3) is 0 Å². The second kappa shape index (κ2) is 7.27. The van der Waals surface area contributed by atoms with Crippen LogP contribution >= 0.6 is 12.2 Å². The van der Waals surface area contributed by atoms with E-state index in [1.54, 1.807) is 12.1 Å². The summed E-state index contributed by atoms with van der Waals surface area (Å²) in [5.74, 6) is 0. The highest BCUT2D eigenvalue weighted by molar-refractivity contribution is 7.89. The maximum Gasteiger partial charge on any atom is 0.240 e. The Balaban J connectivity index is 2.64. The lowest BCUT2D eigenvalue weighted by Gasteiger charge is -2.08. The third-order valence-electron chi connectivity index (χ3n) is 2.39. The van der Waals surface area contributed by atoms with Gasteiger partial charge in [0.2, 0.25) is 20.0 Å². The molecule has 7 nitrogen and oxygen atoms in total. The Hall–Kier alpha value is -1.07. The van der Waals surface area contributed by atoms with Gasteiger partial charge in [0, 0.05) is 19.5 Å². The summed E-state index contributed by atoms with van der Waals surface area (Å²) in [6, 6.07) is 6.14. The lowest BCUT2D eigenvalue weighted by Crippen LogP contribution is -2.34. The summed E-state index contributed by atoms with van der Waals surface area (Å²) in [6.07, 6.45) is 1.41. The standard InChI is InChI=1S/C11H17N3O4S3/c1-20(15,16)13-6-7-14-21(17,18)10-4-2-9(3-5-10)8-11(12)19/h2-5,13-14H,6-8H2,1H3,(H2,12,19). The first kappa shape index (κ1) is 18.0. The molecule has 1 aromatic rings. The smallest absolute Gasteiger partial charge is 0.240 e. The van der Waals surface area contributed by atoms with Crippen molar-refractivity contribution in [3.05, 3.63) is 29.8 Å². The largest absolute Gasteiger partial charge is 0.393 e. The Morgan fingerprint density at radius 2 is 1.62 bits per heavy atom. The molecule has 0 aliphatic heterocycles. The molecule has 0 bridgehead atoms. The average molecular weight is 351 g/mol. The van der Waals surface area contributed by atoms with Crippen molar-refractivity contribution in [1.29, 1.82) is 0 Å². The predicted octanol–water partition coefficient (Wildman–Crippen LogP) is -0.657. The number of benzene rings is 1. The summed E-state index contributed by atoms with van der Waals surface area (Å²) >= 11 is 4.78. The summed E-state index contributed by atoms with van der Waals surface area (Å²) in [4.78, 5) is 0.420. The van der Waals surface area contributed by atoms with Gasteiger partial charge in [-0.1, -0.05) is 24.4 Å². The number of hydrogen-bond acceptors (Lipinski definition) is 5. The van der Waals surface area contributed by atoms with Crippen LogP contribution in [0.2, 0.25) is 0 Å². The highest BCUT2D eigenvalue weighted by Gasteiger charge is 2.13. The van der Waals surface area contributed by atoms with Crippen molar-refractivity contribution < 1.29 is 16.8 Å². The van der Waals surface area contributed by atoms with E-state index in [0.717, 1.165) is 11.8 Å². The lowest BCUT2D eigenvalue weighted by atomic mass is 10.1. The first-order chi connectivity index (χ1) is 9.60. The minimum absolute atomic E-state index is 0.0163. The van der Waals surface area contributed by atoms with E-state index < -0.39 is 20.0 Å². The normalized spacial score (nSPS) is 12.2. The molecule has 0 saturated carbocycles. The Labute approximate surface area is 130 Å². The van der Waals surface area contributed by atoms with E-state index in [1.165, 1.54) is 12.1 Å². The second-order valence-electron chi connectivity index (χ2n) is 4.35. The maximum atomic E-state index is 12.0. The molecule has 0 amide bonds. The third-order valence-corrected chi connectivity index (χ3v) is 4.74. The van der Waals surface area contributed by atoms with E-state index in [1.807, 2.05) is 0 Å². The Morgan fingerprint density at radius 1 is 1.10 bits per heavy atom. The molecule has 1 rings (SSSR count). The van der Waals surface area contributed by atoms with Crippen LogP contribution in [-0.2, 0) is 26.5 Å². The van der Waals surface area contributed by atoms with Crippen LogP contribution in [0.15, 0.2) is 29.2 Å². The van der Waals surface area contributed by atoms with Gasteiger partial charge in [0.1, 0.15) is 0 Å². The van der Waals surface area contributed by atoms with E-state index in [9.17, 15) is 16.8 Å². The number of sulfonamides is 2. The predicted molar refractivity (Wildman–Crippen MR) is 85.0 cm³/mol. The van der Waals surface area contributed by atoms with Gasteiger partial charge < -0.3 is 5.73 Å². The molecule has 4 N–H and O–H groups in total. The fourth-order valence-electron chi connectivity index (χ4n) is 1.49. The molecule has 0 atom stereocenters. The molecule has 0 unspecified atom stereocenters. The van der Waals surface area contributed by atoms with E-state index in [-0.39, 0.29) is 18.0 Å². The summed E-state index contributed by atoms with van der Waals surface area (Å²) in [6.45, 7) is -0.0539. The van der Waals surface area contributed by atoms with Gasteiger partial charge in [-0.25, -0.2) is 26.3 Å². The molecule has 21 heavy (non-hydrogen) atoms. The van der Waals surface area contributed by atoms with Crippen LogP contribution in [-0.4, -0.2) is 41.2 Å². The van der Waals surface area contributed by atoms with E-state index in [4.69, 9.17) is 18.0 Å². The molecule has 0 fully saturated rings. The van der Waals surface area contributed by atoms with Gasteiger partial charge in [0.05, 0.1) is 16.1 Å². The molecule has 0 aliphatic rings. The van der Waals surface area contributed by atoms with Crippen molar-refractivity contribution in [3.63, 3.8) is 0 Å². The van der Waals surface area contributed by atoms with Gasteiger partial charge >= 0.3 is 0 Å². The Bertz CT molecular complexity index is 697. The molecule has 0 heterocycles. The summed E-state index contributed by atoms with van der Waals surface area (Å²) in [7, 11) is -7.00. The SMILES string of the molecule is CS(=O)(=O)NCCNS(=O)(=O)c1ccc(CC(N)=S)cc1. The first-order valence-corrected chi connectivity index (χ1v) is 9.70. The Kier molecular flexibility index (Phi) is 6.23. The topological polar surface area (TPSA) is 118 Å². The highest BCUT2D eigenvalue weighted by atomic mass is 32.2. The maximum absolute atomic E-state index is 12.0. The van der Waals surface area contributed by atoms with Crippen molar-refractivity contribution in [2.24, 2.45) is 5.73 Å². The van der Waals surface area contributed by atoms with Crippen LogP contribution in [0.25, 0.3) is 0 Å². The van der Waals surface area contributed by atoms with E-state index in [0.29, 0.717) is 11.4 Å². The van der Waals surface area contributed by atoms with Crippen molar-refractivity contribution in [2.45, 2.75) is 11.3 Å². The van der Waals surface area contributed by atoms with Crippen LogP contribution in [0.3, 0.4) is 0 Å². The zero-order valence-electron chi connectivity index (χ0n) is 11.4. The molecule has 0 aliphatic carbocycles. The summed E-state index contributed by atoms with van der Waals surface area (Å²) in [5, 5.41) is 0. The molecule has 118 valence electrons. The zero-order chi connectivity index (χ0) is 16.1. The van der Waals surface area contributed by atoms with Crippen molar-refractivity contribution >= 4 is 37.3 Å². The van der Waals surface area contributed by atoms with Crippen LogP contribution in [0.5, 0.6) is 0 Å². The highest BCUT2D eigenvalue weighted by Crippen LogP contribution is 2.10. The molecule has 0 spiro atoms. The number of rotatable bonds is 8. The fourth-order valence-corrected chi connectivity index (χ4v) is 3.16. The number of thiocarbonyl (C=S) groups is 1. The van der Waals surface area contributed by atoms with Gasteiger partial charge in [-0.3, -0.25) is 0 Å². The molecule has 10 heteroatoms. The lowest BCUT2D eigenvalue weighted by molar-refractivity contribution is 0.573.